The third kappa shape index (κ3) is 1.90. The van der Waals surface area contributed by atoms with Crippen molar-refractivity contribution in [2.24, 2.45) is 5.73 Å². The second-order valence-corrected chi connectivity index (χ2v) is 3.93. The molecule has 1 aliphatic heterocycles. The molecule has 3 nitrogen and oxygen atoms in total. The highest BCUT2D eigenvalue weighted by Crippen LogP contribution is 2.39. The highest BCUT2D eigenvalue weighted by atomic mass is 35.5. The van der Waals surface area contributed by atoms with Gasteiger partial charge in [-0.05, 0) is 25.5 Å². The molecule has 1 aliphatic rings. The molecule has 0 radical (unpaired) electrons. The van der Waals surface area contributed by atoms with Crippen LogP contribution >= 0.6 is 11.6 Å². The fraction of sp³-hybridized carbons (Fsp3) is 0.455. The zero-order chi connectivity index (χ0) is 10.8. The Bertz CT molecular complexity index is 379. The van der Waals surface area contributed by atoms with E-state index < -0.39 is 0 Å². The summed E-state index contributed by atoms with van der Waals surface area (Å²) in [6, 6.07) is 1.81. The van der Waals surface area contributed by atoms with Crippen molar-refractivity contribution in [2.45, 2.75) is 13.3 Å². The number of hydrogen-bond acceptors (Lipinski definition) is 3. The molecule has 0 unspecified atom stereocenters. The number of ether oxygens (including phenoxy) is 2. The van der Waals surface area contributed by atoms with E-state index in [1.54, 1.807) is 0 Å². The molecule has 0 aliphatic carbocycles. The standard InChI is InChI=1S/C11H14ClNO2/c1-7-8(2-3-13)11-10(6-9(7)12)14-4-5-15-11/h6H,2-5,13H2,1H3. The van der Waals surface area contributed by atoms with Gasteiger partial charge in [0.05, 0.1) is 0 Å². The molecule has 2 N–H and O–H groups in total. The third-order valence-corrected chi connectivity index (χ3v) is 2.94. The molecule has 1 heterocycles. The van der Waals surface area contributed by atoms with Crippen LogP contribution in [0, 0.1) is 6.92 Å². The van der Waals surface area contributed by atoms with Crippen LogP contribution in [0.3, 0.4) is 0 Å². The topological polar surface area (TPSA) is 44.5 Å². The molecule has 1 aromatic rings. The van der Waals surface area contributed by atoms with E-state index in [1.807, 2.05) is 13.0 Å². The molecular formula is C11H14ClNO2. The van der Waals surface area contributed by atoms with Crippen LogP contribution < -0.4 is 15.2 Å². The van der Waals surface area contributed by atoms with Crippen molar-refractivity contribution in [3.63, 3.8) is 0 Å². The molecule has 1 aromatic carbocycles. The van der Waals surface area contributed by atoms with Gasteiger partial charge in [0, 0.05) is 16.7 Å². The summed E-state index contributed by atoms with van der Waals surface area (Å²) in [5, 5.41) is 0.711. The maximum atomic E-state index is 6.11. The van der Waals surface area contributed by atoms with Crippen molar-refractivity contribution in [1.29, 1.82) is 0 Å². The summed E-state index contributed by atoms with van der Waals surface area (Å²) >= 11 is 6.11. The lowest BCUT2D eigenvalue weighted by Gasteiger charge is -2.23. The summed E-state index contributed by atoms with van der Waals surface area (Å²) in [5.41, 5.74) is 7.68. The second kappa shape index (κ2) is 4.29. The van der Waals surface area contributed by atoms with Gasteiger partial charge in [-0.3, -0.25) is 0 Å². The molecule has 0 saturated carbocycles. The number of rotatable bonds is 2. The average molecular weight is 228 g/mol. The summed E-state index contributed by atoms with van der Waals surface area (Å²) in [6.45, 7) is 3.72. The summed E-state index contributed by atoms with van der Waals surface area (Å²) in [6.07, 6.45) is 0.762. The number of benzene rings is 1. The number of hydrogen-bond donors (Lipinski definition) is 1. The van der Waals surface area contributed by atoms with Crippen LogP contribution in [0.25, 0.3) is 0 Å². The van der Waals surface area contributed by atoms with Gasteiger partial charge < -0.3 is 15.2 Å². The first kappa shape index (κ1) is 10.6. The molecule has 82 valence electrons. The Morgan fingerprint density at radius 2 is 2.13 bits per heavy atom. The summed E-state index contributed by atoms with van der Waals surface area (Å²) in [5.74, 6) is 1.55. The van der Waals surface area contributed by atoms with Gasteiger partial charge >= 0.3 is 0 Å². The van der Waals surface area contributed by atoms with Crippen molar-refractivity contribution in [3.8, 4) is 11.5 Å². The molecule has 0 bridgehead atoms. The van der Waals surface area contributed by atoms with Gasteiger partial charge in [0.25, 0.3) is 0 Å². The van der Waals surface area contributed by atoms with Crippen LogP contribution in [-0.2, 0) is 6.42 Å². The third-order valence-electron chi connectivity index (χ3n) is 2.55. The van der Waals surface area contributed by atoms with E-state index in [2.05, 4.69) is 0 Å². The Hall–Kier alpha value is -0.930. The first-order valence-corrected chi connectivity index (χ1v) is 5.39. The van der Waals surface area contributed by atoms with Crippen molar-refractivity contribution in [2.75, 3.05) is 19.8 Å². The van der Waals surface area contributed by atoms with Crippen LogP contribution in [0.2, 0.25) is 5.02 Å². The minimum Gasteiger partial charge on any atom is -0.486 e. The van der Waals surface area contributed by atoms with E-state index in [0.717, 1.165) is 29.0 Å². The minimum absolute atomic E-state index is 0.578. The first-order chi connectivity index (χ1) is 7.24. The summed E-state index contributed by atoms with van der Waals surface area (Å²) in [7, 11) is 0. The van der Waals surface area contributed by atoms with Gasteiger partial charge in [-0.15, -0.1) is 0 Å². The Kier molecular flexibility index (Phi) is 3.03. The van der Waals surface area contributed by atoms with E-state index in [9.17, 15) is 0 Å². The Balaban J connectivity index is 2.52. The summed E-state index contributed by atoms with van der Waals surface area (Å²) < 4.78 is 11.1. The molecular weight excluding hydrogens is 214 g/mol. The fourth-order valence-electron chi connectivity index (χ4n) is 1.76. The van der Waals surface area contributed by atoms with Gasteiger partial charge in [0.2, 0.25) is 0 Å². The van der Waals surface area contributed by atoms with E-state index in [4.69, 9.17) is 26.8 Å². The monoisotopic (exact) mass is 227 g/mol. The fourth-order valence-corrected chi connectivity index (χ4v) is 1.97. The maximum absolute atomic E-state index is 6.11. The second-order valence-electron chi connectivity index (χ2n) is 3.52. The van der Waals surface area contributed by atoms with Crippen LogP contribution in [0.1, 0.15) is 11.1 Å². The lowest BCUT2D eigenvalue weighted by Crippen LogP contribution is -2.18. The highest BCUT2D eigenvalue weighted by Gasteiger charge is 2.19. The van der Waals surface area contributed by atoms with E-state index in [-0.39, 0.29) is 0 Å². The van der Waals surface area contributed by atoms with Crippen LogP contribution in [-0.4, -0.2) is 19.8 Å². The molecule has 2 rings (SSSR count). The molecule has 0 spiro atoms. The Morgan fingerprint density at radius 3 is 2.87 bits per heavy atom. The van der Waals surface area contributed by atoms with Crippen molar-refractivity contribution >= 4 is 11.6 Å². The molecule has 15 heavy (non-hydrogen) atoms. The van der Waals surface area contributed by atoms with Crippen molar-refractivity contribution in [1.82, 2.24) is 0 Å². The van der Waals surface area contributed by atoms with E-state index in [0.29, 0.717) is 24.8 Å². The quantitative estimate of drug-likeness (QED) is 0.840. The number of nitrogens with two attached hydrogens (primary N) is 1. The van der Waals surface area contributed by atoms with Crippen LogP contribution in [0.5, 0.6) is 11.5 Å². The van der Waals surface area contributed by atoms with Gasteiger partial charge in [0.15, 0.2) is 11.5 Å². The van der Waals surface area contributed by atoms with Gasteiger partial charge in [-0.2, -0.15) is 0 Å². The highest BCUT2D eigenvalue weighted by molar-refractivity contribution is 6.31. The van der Waals surface area contributed by atoms with Crippen LogP contribution in [0.15, 0.2) is 6.07 Å². The lowest BCUT2D eigenvalue weighted by molar-refractivity contribution is 0.170. The van der Waals surface area contributed by atoms with Crippen LogP contribution in [0.4, 0.5) is 0 Å². The largest absolute Gasteiger partial charge is 0.486 e. The average Bonchev–Trinajstić information content (AvgIpc) is 2.25. The van der Waals surface area contributed by atoms with Gasteiger partial charge in [-0.25, -0.2) is 0 Å². The SMILES string of the molecule is Cc1c(Cl)cc2c(c1CCN)OCCO2. The maximum Gasteiger partial charge on any atom is 0.164 e. The molecule has 0 fully saturated rings. The predicted molar refractivity (Wildman–Crippen MR) is 59.9 cm³/mol. The van der Waals surface area contributed by atoms with Gasteiger partial charge in [0.1, 0.15) is 13.2 Å². The molecule has 0 saturated heterocycles. The number of fused-ring (bicyclic) bond motifs is 1. The molecule has 4 heteroatoms. The molecule has 0 atom stereocenters. The smallest absolute Gasteiger partial charge is 0.164 e. The van der Waals surface area contributed by atoms with Gasteiger partial charge in [-0.1, -0.05) is 11.6 Å². The lowest BCUT2D eigenvalue weighted by atomic mass is 10.0. The zero-order valence-electron chi connectivity index (χ0n) is 8.68. The number of halogens is 1. The predicted octanol–water partition coefficient (Wildman–Crippen LogP) is 1.92. The zero-order valence-corrected chi connectivity index (χ0v) is 9.43. The van der Waals surface area contributed by atoms with Crippen molar-refractivity contribution < 1.29 is 9.47 Å². The normalized spacial score (nSPS) is 14.1. The summed E-state index contributed by atoms with van der Waals surface area (Å²) in [4.78, 5) is 0. The first-order valence-electron chi connectivity index (χ1n) is 5.01. The Labute approximate surface area is 94.1 Å². The molecule has 0 aromatic heterocycles. The van der Waals surface area contributed by atoms with E-state index >= 15 is 0 Å². The minimum atomic E-state index is 0.578. The van der Waals surface area contributed by atoms with E-state index in [1.165, 1.54) is 0 Å². The Morgan fingerprint density at radius 1 is 1.40 bits per heavy atom. The molecule has 0 amide bonds. The van der Waals surface area contributed by atoms with Crippen molar-refractivity contribution in [3.05, 3.63) is 22.2 Å².